The number of anilines is 1. The second kappa shape index (κ2) is 8.33. The standard InChI is InChI=1S/C23H25N7O2/c1-17(18-6-4-3-5-7-18)32-23(31)29-10-8-28(9-11-29)22-14-24-21-12-20(25-16-30(21)22)19-13-26-27(2)15-19/h3-7,12-17H,8-11H2,1-2H3/t17-/m1/s1. The van der Waals surface area contributed by atoms with Gasteiger partial charge in [0.15, 0.2) is 0 Å². The zero-order chi connectivity index (χ0) is 22.1. The lowest BCUT2D eigenvalue weighted by Gasteiger charge is -2.35. The number of piperazine rings is 1. The molecule has 0 spiro atoms. The predicted octanol–water partition coefficient (Wildman–Crippen LogP) is 3.15. The van der Waals surface area contributed by atoms with E-state index in [1.54, 1.807) is 22.1 Å². The van der Waals surface area contributed by atoms with Crippen LogP contribution in [0.4, 0.5) is 10.6 Å². The van der Waals surface area contributed by atoms with Crippen LogP contribution < -0.4 is 4.90 Å². The Bertz CT molecular complexity index is 1230. The molecule has 1 aromatic carbocycles. The van der Waals surface area contributed by atoms with Gasteiger partial charge in [0.1, 0.15) is 23.9 Å². The summed E-state index contributed by atoms with van der Waals surface area (Å²) >= 11 is 0. The van der Waals surface area contributed by atoms with Crippen LogP contribution in [0.3, 0.4) is 0 Å². The molecule has 0 aliphatic carbocycles. The first kappa shape index (κ1) is 20.0. The third-order valence-electron chi connectivity index (χ3n) is 5.79. The van der Waals surface area contributed by atoms with Crippen molar-refractivity contribution in [1.82, 2.24) is 29.0 Å². The number of aromatic nitrogens is 5. The summed E-state index contributed by atoms with van der Waals surface area (Å²) in [5.41, 5.74) is 3.61. The molecule has 9 nitrogen and oxygen atoms in total. The van der Waals surface area contributed by atoms with Gasteiger partial charge in [-0.1, -0.05) is 30.3 Å². The predicted molar refractivity (Wildman–Crippen MR) is 120 cm³/mol. The van der Waals surface area contributed by atoms with E-state index in [4.69, 9.17) is 4.74 Å². The van der Waals surface area contributed by atoms with Crippen LogP contribution in [0, 0.1) is 0 Å². The van der Waals surface area contributed by atoms with Crippen LogP contribution in [0.5, 0.6) is 0 Å². The molecule has 4 heterocycles. The van der Waals surface area contributed by atoms with Crippen molar-refractivity contribution >= 4 is 17.6 Å². The second-order valence-electron chi connectivity index (χ2n) is 7.93. The van der Waals surface area contributed by atoms with Crippen molar-refractivity contribution in [3.8, 4) is 11.3 Å². The van der Waals surface area contributed by atoms with Gasteiger partial charge in [-0.15, -0.1) is 0 Å². The maximum atomic E-state index is 12.6. The maximum absolute atomic E-state index is 12.6. The molecule has 1 aliphatic heterocycles. The molecule has 0 unspecified atom stereocenters. The number of hydrogen-bond acceptors (Lipinski definition) is 6. The van der Waals surface area contributed by atoms with E-state index in [2.05, 4.69) is 20.0 Å². The molecule has 164 valence electrons. The summed E-state index contributed by atoms with van der Waals surface area (Å²) in [5.74, 6) is 0.968. The number of carbonyl (C=O) groups is 1. The second-order valence-corrected chi connectivity index (χ2v) is 7.93. The van der Waals surface area contributed by atoms with Gasteiger partial charge in [-0.05, 0) is 12.5 Å². The van der Waals surface area contributed by atoms with Gasteiger partial charge in [0.2, 0.25) is 0 Å². The Kier molecular flexibility index (Phi) is 5.22. The fraction of sp³-hybridized carbons (Fsp3) is 0.304. The first-order chi connectivity index (χ1) is 15.6. The highest BCUT2D eigenvalue weighted by Crippen LogP contribution is 2.23. The van der Waals surface area contributed by atoms with Gasteiger partial charge >= 0.3 is 6.09 Å². The van der Waals surface area contributed by atoms with Crippen LogP contribution in [0.2, 0.25) is 0 Å². The number of aryl methyl sites for hydroxylation is 1. The highest BCUT2D eigenvalue weighted by molar-refractivity contribution is 5.69. The quantitative estimate of drug-likeness (QED) is 0.494. The lowest BCUT2D eigenvalue weighted by atomic mass is 10.1. The van der Waals surface area contributed by atoms with Crippen molar-refractivity contribution in [1.29, 1.82) is 0 Å². The third kappa shape index (κ3) is 3.89. The monoisotopic (exact) mass is 431 g/mol. The maximum Gasteiger partial charge on any atom is 0.410 e. The van der Waals surface area contributed by atoms with Gasteiger partial charge < -0.3 is 14.5 Å². The van der Waals surface area contributed by atoms with E-state index in [1.165, 1.54) is 0 Å². The first-order valence-electron chi connectivity index (χ1n) is 10.7. The molecule has 3 aromatic heterocycles. The zero-order valence-electron chi connectivity index (χ0n) is 18.1. The van der Waals surface area contributed by atoms with Crippen LogP contribution >= 0.6 is 0 Å². The highest BCUT2D eigenvalue weighted by Gasteiger charge is 2.25. The largest absolute Gasteiger partial charge is 0.442 e. The number of benzene rings is 1. The van der Waals surface area contributed by atoms with E-state index in [0.717, 1.165) is 28.3 Å². The van der Waals surface area contributed by atoms with E-state index >= 15 is 0 Å². The molecule has 0 bridgehead atoms. The van der Waals surface area contributed by atoms with Crippen molar-refractivity contribution in [3.63, 3.8) is 0 Å². The molecular weight excluding hydrogens is 406 g/mol. The fourth-order valence-corrected chi connectivity index (χ4v) is 3.95. The van der Waals surface area contributed by atoms with E-state index in [9.17, 15) is 4.79 Å². The van der Waals surface area contributed by atoms with E-state index < -0.39 is 0 Å². The smallest absolute Gasteiger partial charge is 0.410 e. The average molecular weight is 432 g/mol. The highest BCUT2D eigenvalue weighted by atomic mass is 16.6. The molecule has 1 amide bonds. The molecular formula is C23H25N7O2. The van der Waals surface area contributed by atoms with E-state index in [0.29, 0.717) is 26.2 Å². The van der Waals surface area contributed by atoms with Crippen LogP contribution in [0.1, 0.15) is 18.6 Å². The normalized spacial score (nSPS) is 15.2. The van der Waals surface area contributed by atoms with Crippen molar-refractivity contribution in [3.05, 3.63) is 66.9 Å². The summed E-state index contributed by atoms with van der Waals surface area (Å²) in [6, 6.07) is 11.7. The molecule has 1 atom stereocenters. The van der Waals surface area contributed by atoms with Crippen molar-refractivity contribution in [2.45, 2.75) is 13.0 Å². The summed E-state index contributed by atoms with van der Waals surface area (Å²) in [5, 5.41) is 4.21. The number of hydrogen-bond donors (Lipinski definition) is 0. The third-order valence-corrected chi connectivity index (χ3v) is 5.79. The Morgan fingerprint density at radius 3 is 2.56 bits per heavy atom. The number of imidazole rings is 1. The minimum absolute atomic E-state index is 0.276. The number of amides is 1. The van der Waals surface area contributed by atoms with Gasteiger partial charge in [0.25, 0.3) is 0 Å². The fourth-order valence-electron chi connectivity index (χ4n) is 3.95. The van der Waals surface area contributed by atoms with Gasteiger partial charge in [-0.2, -0.15) is 5.10 Å². The molecule has 9 heteroatoms. The van der Waals surface area contributed by atoms with Crippen LogP contribution in [-0.2, 0) is 11.8 Å². The lowest BCUT2D eigenvalue weighted by Crippen LogP contribution is -2.49. The van der Waals surface area contributed by atoms with Gasteiger partial charge in [-0.25, -0.2) is 14.8 Å². The van der Waals surface area contributed by atoms with Crippen LogP contribution in [0.15, 0.2) is 61.3 Å². The number of fused-ring (bicyclic) bond motifs is 1. The van der Waals surface area contributed by atoms with E-state index in [1.807, 2.05) is 67.2 Å². The summed E-state index contributed by atoms with van der Waals surface area (Å²) in [4.78, 5) is 25.7. The van der Waals surface area contributed by atoms with Crippen molar-refractivity contribution in [2.75, 3.05) is 31.1 Å². The van der Waals surface area contributed by atoms with Gasteiger partial charge in [-0.3, -0.25) is 9.08 Å². The molecule has 0 saturated carbocycles. The molecule has 5 rings (SSSR count). The lowest BCUT2D eigenvalue weighted by molar-refractivity contribution is 0.0680. The van der Waals surface area contributed by atoms with E-state index in [-0.39, 0.29) is 12.2 Å². The molecule has 1 fully saturated rings. The topological polar surface area (TPSA) is 80.8 Å². The van der Waals surface area contributed by atoms with Crippen LogP contribution in [0.25, 0.3) is 16.9 Å². The number of carbonyl (C=O) groups excluding carboxylic acids is 1. The minimum atomic E-state index is -0.277. The molecule has 4 aromatic rings. The summed E-state index contributed by atoms with van der Waals surface area (Å²) in [6.45, 7) is 4.48. The average Bonchev–Trinajstić information content (AvgIpc) is 3.45. The Morgan fingerprint density at radius 1 is 1.06 bits per heavy atom. The molecule has 1 aliphatic rings. The molecule has 32 heavy (non-hydrogen) atoms. The summed E-state index contributed by atoms with van der Waals surface area (Å²) in [6.07, 6.45) is 6.82. The Hall–Kier alpha value is -3.88. The van der Waals surface area contributed by atoms with Crippen molar-refractivity contribution < 1.29 is 9.53 Å². The molecule has 0 N–H and O–H groups in total. The molecule has 1 saturated heterocycles. The Morgan fingerprint density at radius 2 is 1.84 bits per heavy atom. The van der Waals surface area contributed by atoms with Crippen molar-refractivity contribution in [2.24, 2.45) is 7.05 Å². The van der Waals surface area contributed by atoms with Gasteiger partial charge in [0.05, 0.1) is 18.1 Å². The Labute approximate surface area is 185 Å². The zero-order valence-corrected chi connectivity index (χ0v) is 18.1. The number of nitrogens with zero attached hydrogens (tertiary/aromatic N) is 7. The first-order valence-corrected chi connectivity index (χ1v) is 10.7. The van der Waals surface area contributed by atoms with Crippen LogP contribution in [-0.4, -0.2) is 61.3 Å². The van der Waals surface area contributed by atoms with Gasteiger partial charge in [0, 0.05) is 51.1 Å². The summed E-state index contributed by atoms with van der Waals surface area (Å²) < 4.78 is 9.39. The number of rotatable bonds is 4. The SMILES string of the molecule is C[C@@H](OC(=O)N1CCN(c2cnc3cc(-c4cnn(C)c4)ncn23)CC1)c1ccccc1. The Balaban J connectivity index is 1.23. The number of ether oxygens (including phenoxy) is 1. The molecule has 0 radical (unpaired) electrons. The minimum Gasteiger partial charge on any atom is -0.442 e. The summed E-state index contributed by atoms with van der Waals surface area (Å²) in [7, 11) is 1.88.